The van der Waals surface area contributed by atoms with Gasteiger partial charge in [-0.05, 0) is 24.6 Å². The number of para-hydroxylation sites is 1. The number of carbonyl (C=O) groups is 2. The molecule has 0 saturated heterocycles. The number of benzene rings is 2. The number of nitrogens with one attached hydrogen (secondary N) is 1. The number of aryl methyl sites for hydroxylation is 1. The molecule has 162 valence electrons. The van der Waals surface area contributed by atoms with E-state index in [9.17, 15) is 29.4 Å². The summed E-state index contributed by atoms with van der Waals surface area (Å²) in [6.07, 6.45) is -1.40. The van der Waals surface area contributed by atoms with Crippen LogP contribution in [0.4, 0.5) is 0 Å². The number of aliphatic hydroxyl groups excluding tert-OH is 1. The molecule has 0 fully saturated rings. The molecule has 1 amide bonds. The van der Waals surface area contributed by atoms with E-state index in [2.05, 4.69) is 5.32 Å². The molecule has 0 aliphatic heterocycles. The van der Waals surface area contributed by atoms with Gasteiger partial charge in [0.2, 0.25) is 5.91 Å². The molecule has 0 saturated carbocycles. The van der Waals surface area contributed by atoms with E-state index in [1.807, 2.05) is 0 Å². The lowest BCUT2D eigenvalue weighted by Gasteiger charge is -2.24. The Hall–Kier alpha value is -3.72. The summed E-state index contributed by atoms with van der Waals surface area (Å²) < 4.78 is 2.11. The summed E-state index contributed by atoms with van der Waals surface area (Å²) in [5, 5.41) is 21.6. The fourth-order valence-electron chi connectivity index (χ4n) is 3.48. The van der Waals surface area contributed by atoms with Crippen molar-refractivity contribution >= 4 is 22.8 Å². The molecule has 3 rings (SSSR count). The molecule has 9 nitrogen and oxygen atoms in total. The molecule has 1 heterocycles. The minimum absolute atomic E-state index is 0.0215. The number of aromatic nitrogens is 2. The normalized spacial score (nSPS) is 14.0. The fourth-order valence-corrected chi connectivity index (χ4v) is 3.48. The lowest BCUT2D eigenvalue weighted by atomic mass is 10.0. The van der Waals surface area contributed by atoms with Crippen LogP contribution in [0.15, 0.2) is 64.2 Å². The van der Waals surface area contributed by atoms with Crippen molar-refractivity contribution in [2.45, 2.75) is 31.5 Å². The van der Waals surface area contributed by atoms with Gasteiger partial charge in [-0.25, -0.2) is 14.2 Å². The van der Waals surface area contributed by atoms with Crippen LogP contribution in [0.1, 0.15) is 18.5 Å². The van der Waals surface area contributed by atoms with Gasteiger partial charge >= 0.3 is 11.7 Å². The topological polar surface area (TPSA) is 131 Å². The molecule has 0 aliphatic rings. The maximum absolute atomic E-state index is 13.2. The molecule has 0 unspecified atom stereocenters. The molecule has 1 aromatic heterocycles. The Morgan fingerprint density at radius 3 is 2.26 bits per heavy atom. The highest BCUT2D eigenvalue weighted by molar-refractivity contribution is 5.87. The Morgan fingerprint density at radius 2 is 1.65 bits per heavy atom. The van der Waals surface area contributed by atoms with E-state index >= 15 is 0 Å². The molecule has 9 heteroatoms. The van der Waals surface area contributed by atoms with Crippen LogP contribution >= 0.6 is 0 Å². The Labute approximate surface area is 177 Å². The summed E-state index contributed by atoms with van der Waals surface area (Å²) in [7, 11) is 1.49. The van der Waals surface area contributed by atoms with E-state index in [1.54, 1.807) is 54.6 Å². The third kappa shape index (κ3) is 4.41. The van der Waals surface area contributed by atoms with Crippen LogP contribution in [0.2, 0.25) is 0 Å². The predicted octanol–water partition coefficient (Wildman–Crippen LogP) is 0.434. The van der Waals surface area contributed by atoms with Crippen molar-refractivity contribution in [2.24, 2.45) is 7.05 Å². The van der Waals surface area contributed by atoms with Crippen LogP contribution in [0.3, 0.4) is 0 Å². The van der Waals surface area contributed by atoms with E-state index in [-0.39, 0.29) is 11.8 Å². The van der Waals surface area contributed by atoms with Gasteiger partial charge in [-0.15, -0.1) is 0 Å². The first-order valence-electron chi connectivity index (χ1n) is 9.67. The molecule has 0 aliphatic carbocycles. The standard InChI is InChI=1S/C22H23N3O6/c1-13(26)18(21(29)30)23-19(27)17(12-14-8-4-3-5-9-14)25-20(28)15-10-6-7-11-16(15)24(2)22(25)31/h3-11,13,17-18,26H,12H2,1-2H3,(H,23,27)(H,29,30)/t13-,17-,18-/m0/s1. The first-order chi connectivity index (χ1) is 14.7. The van der Waals surface area contributed by atoms with Gasteiger partial charge in [-0.2, -0.15) is 0 Å². The number of nitrogens with zero attached hydrogens (tertiary/aromatic N) is 2. The molecule has 2 aromatic carbocycles. The van der Waals surface area contributed by atoms with E-state index in [0.717, 1.165) is 4.57 Å². The first kappa shape index (κ1) is 22.0. The lowest BCUT2D eigenvalue weighted by Crippen LogP contribution is -2.53. The van der Waals surface area contributed by atoms with Crippen molar-refractivity contribution in [3.05, 3.63) is 81.0 Å². The second-order valence-corrected chi connectivity index (χ2v) is 7.30. The highest BCUT2D eigenvalue weighted by Gasteiger charge is 2.31. The van der Waals surface area contributed by atoms with Gasteiger partial charge in [-0.3, -0.25) is 14.2 Å². The van der Waals surface area contributed by atoms with E-state index in [1.165, 1.54) is 18.5 Å². The van der Waals surface area contributed by atoms with E-state index in [0.29, 0.717) is 11.1 Å². The van der Waals surface area contributed by atoms with E-state index < -0.39 is 41.3 Å². The van der Waals surface area contributed by atoms with Crippen LogP contribution in [0, 0.1) is 0 Å². The zero-order chi connectivity index (χ0) is 22.7. The number of hydrogen-bond acceptors (Lipinski definition) is 5. The number of rotatable bonds is 7. The van der Waals surface area contributed by atoms with Gasteiger partial charge < -0.3 is 15.5 Å². The van der Waals surface area contributed by atoms with Crippen molar-refractivity contribution in [2.75, 3.05) is 0 Å². The number of aliphatic hydroxyl groups is 1. The molecule has 3 N–H and O–H groups in total. The largest absolute Gasteiger partial charge is 0.480 e. The molecule has 0 bridgehead atoms. The van der Waals surface area contributed by atoms with Crippen molar-refractivity contribution < 1.29 is 19.8 Å². The van der Waals surface area contributed by atoms with Gasteiger partial charge in [0.05, 0.1) is 17.0 Å². The van der Waals surface area contributed by atoms with Crippen LogP contribution in [-0.2, 0) is 23.1 Å². The van der Waals surface area contributed by atoms with Crippen molar-refractivity contribution in [1.29, 1.82) is 0 Å². The number of carboxylic acids is 1. The second-order valence-electron chi connectivity index (χ2n) is 7.30. The number of hydrogen-bond donors (Lipinski definition) is 3. The number of fused-ring (bicyclic) bond motifs is 1. The first-order valence-corrected chi connectivity index (χ1v) is 9.67. The summed E-state index contributed by atoms with van der Waals surface area (Å²) >= 11 is 0. The highest BCUT2D eigenvalue weighted by Crippen LogP contribution is 2.15. The fraction of sp³-hybridized carbons (Fsp3) is 0.273. The molecule has 3 atom stereocenters. The average Bonchev–Trinajstić information content (AvgIpc) is 2.75. The average molecular weight is 425 g/mol. The molecular formula is C22H23N3O6. The summed E-state index contributed by atoms with van der Waals surface area (Å²) in [6, 6.07) is 12.4. The zero-order valence-electron chi connectivity index (χ0n) is 17.1. The summed E-state index contributed by atoms with van der Waals surface area (Å²) in [5.41, 5.74) is -0.267. The quantitative estimate of drug-likeness (QED) is 0.503. The van der Waals surface area contributed by atoms with Gasteiger partial charge in [0.1, 0.15) is 6.04 Å². The minimum atomic E-state index is -1.59. The summed E-state index contributed by atoms with van der Waals surface area (Å²) in [5.74, 6) is -2.28. The van der Waals surface area contributed by atoms with E-state index in [4.69, 9.17) is 0 Å². The predicted molar refractivity (Wildman–Crippen MR) is 114 cm³/mol. The maximum atomic E-state index is 13.2. The Bertz CT molecular complexity index is 1230. The van der Waals surface area contributed by atoms with Crippen LogP contribution in [-0.4, -0.2) is 43.4 Å². The van der Waals surface area contributed by atoms with Crippen LogP contribution in [0.25, 0.3) is 10.9 Å². The Balaban J connectivity index is 2.17. The third-order valence-electron chi connectivity index (χ3n) is 5.14. The van der Waals surface area contributed by atoms with Crippen LogP contribution in [0.5, 0.6) is 0 Å². The SMILES string of the molecule is C[C@H](O)[C@H](NC(=O)[C@H](Cc1ccccc1)n1c(=O)c2ccccc2n(C)c1=O)C(=O)O. The molecule has 31 heavy (non-hydrogen) atoms. The van der Waals surface area contributed by atoms with Gasteiger partial charge in [0.15, 0.2) is 6.04 Å². The van der Waals surface area contributed by atoms with Gasteiger partial charge in [0.25, 0.3) is 5.56 Å². The number of carboxylic acid groups (broad SMARTS) is 1. The minimum Gasteiger partial charge on any atom is -0.480 e. The maximum Gasteiger partial charge on any atom is 0.331 e. The Kier molecular flexibility index (Phi) is 6.36. The van der Waals surface area contributed by atoms with Crippen molar-refractivity contribution in [3.8, 4) is 0 Å². The van der Waals surface area contributed by atoms with Gasteiger partial charge in [-0.1, -0.05) is 42.5 Å². The third-order valence-corrected chi connectivity index (χ3v) is 5.14. The number of aliphatic carboxylic acids is 1. The monoisotopic (exact) mass is 425 g/mol. The lowest BCUT2D eigenvalue weighted by molar-refractivity contribution is -0.145. The summed E-state index contributed by atoms with van der Waals surface area (Å²) in [4.78, 5) is 50.8. The zero-order valence-corrected chi connectivity index (χ0v) is 17.1. The highest BCUT2D eigenvalue weighted by atomic mass is 16.4. The van der Waals surface area contributed by atoms with Crippen molar-refractivity contribution in [1.82, 2.24) is 14.5 Å². The molecule has 3 aromatic rings. The van der Waals surface area contributed by atoms with Crippen LogP contribution < -0.4 is 16.6 Å². The summed E-state index contributed by atoms with van der Waals surface area (Å²) in [6.45, 7) is 1.23. The number of amides is 1. The second kappa shape index (κ2) is 8.97. The molecule has 0 spiro atoms. The van der Waals surface area contributed by atoms with Gasteiger partial charge in [0, 0.05) is 13.5 Å². The molecular weight excluding hydrogens is 402 g/mol. The smallest absolute Gasteiger partial charge is 0.331 e. The molecule has 0 radical (unpaired) electrons. The Morgan fingerprint density at radius 1 is 1.03 bits per heavy atom. The van der Waals surface area contributed by atoms with Crippen molar-refractivity contribution in [3.63, 3.8) is 0 Å². The number of carbonyl (C=O) groups excluding carboxylic acids is 1.